The molecule has 0 fully saturated rings. The maximum Gasteiger partial charge on any atom is 0.508 e. The third-order valence-electron chi connectivity index (χ3n) is 4.34. The smallest absolute Gasteiger partial charge is 0.435 e. The number of aryl methyl sites for hydroxylation is 3. The summed E-state index contributed by atoms with van der Waals surface area (Å²) >= 11 is 0. The van der Waals surface area contributed by atoms with Gasteiger partial charge < -0.3 is 9.47 Å². The van der Waals surface area contributed by atoms with Crippen LogP contribution in [0.2, 0.25) is 0 Å². The Balaban J connectivity index is 2.56. The van der Waals surface area contributed by atoms with Crippen molar-refractivity contribution in [3.63, 3.8) is 0 Å². The van der Waals surface area contributed by atoms with Crippen molar-refractivity contribution in [3.05, 3.63) is 34.9 Å². The molecule has 0 aliphatic heterocycles. The van der Waals surface area contributed by atoms with Gasteiger partial charge in [0.15, 0.2) is 0 Å². The Labute approximate surface area is 154 Å². The molecule has 0 atom stereocenters. The maximum absolute atomic E-state index is 11.2. The van der Waals surface area contributed by atoms with E-state index < -0.39 is 6.16 Å². The summed E-state index contributed by atoms with van der Waals surface area (Å²) in [5.74, 6) is 0. The van der Waals surface area contributed by atoms with Crippen LogP contribution in [0, 0.1) is 0 Å². The summed E-state index contributed by atoms with van der Waals surface area (Å²) in [4.78, 5) is 11.2. The van der Waals surface area contributed by atoms with Gasteiger partial charge in [0.2, 0.25) is 0 Å². The number of unbranched alkanes of at least 4 members (excludes halogenated alkanes) is 4. The Kier molecular flexibility index (Phi) is 11.8. The molecule has 1 rings (SSSR count). The lowest BCUT2D eigenvalue weighted by Gasteiger charge is -2.11. The van der Waals surface area contributed by atoms with Gasteiger partial charge in [0.05, 0.1) is 13.2 Å². The molecule has 0 heterocycles. The van der Waals surface area contributed by atoms with Crippen LogP contribution in [-0.4, -0.2) is 19.4 Å². The monoisotopic (exact) mass is 348 g/mol. The fourth-order valence-electron chi connectivity index (χ4n) is 3.02. The van der Waals surface area contributed by atoms with E-state index in [1.807, 2.05) is 0 Å². The fourth-order valence-corrected chi connectivity index (χ4v) is 3.02. The summed E-state index contributed by atoms with van der Waals surface area (Å²) in [7, 11) is 0. The summed E-state index contributed by atoms with van der Waals surface area (Å²) in [5.41, 5.74) is 4.29. The Morgan fingerprint density at radius 2 is 1.20 bits per heavy atom. The van der Waals surface area contributed by atoms with Crippen molar-refractivity contribution in [1.29, 1.82) is 0 Å². The van der Waals surface area contributed by atoms with Crippen LogP contribution in [0.15, 0.2) is 18.2 Å². The molecule has 1 aromatic carbocycles. The van der Waals surface area contributed by atoms with Gasteiger partial charge in [0, 0.05) is 0 Å². The highest BCUT2D eigenvalue weighted by molar-refractivity contribution is 5.59. The van der Waals surface area contributed by atoms with Crippen LogP contribution in [0.5, 0.6) is 0 Å². The summed E-state index contributed by atoms with van der Waals surface area (Å²) in [6, 6.07) is 7.07. The minimum atomic E-state index is -0.559. The second-order valence-corrected chi connectivity index (χ2v) is 6.71. The van der Waals surface area contributed by atoms with E-state index in [1.165, 1.54) is 68.1 Å². The van der Waals surface area contributed by atoms with Crippen molar-refractivity contribution < 1.29 is 14.3 Å². The fraction of sp³-hybridized carbons (Fsp3) is 0.682. The van der Waals surface area contributed by atoms with Crippen molar-refractivity contribution in [3.8, 4) is 0 Å². The zero-order chi connectivity index (χ0) is 18.3. The minimum Gasteiger partial charge on any atom is -0.435 e. The van der Waals surface area contributed by atoms with Gasteiger partial charge in [-0.2, -0.15) is 0 Å². The molecule has 0 N–H and O–H groups in total. The van der Waals surface area contributed by atoms with Crippen LogP contribution in [0.25, 0.3) is 0 Å². The quantitative estimate of drug-likeness (QED) is 0.312. The molecule has 0 amide bonds. The third-order valence-corrected chi connectivity index (χ3v) is 4.34. The van der Waals surface area contributed by atoms with E-state index in [0.717, 1.165) is 12.8 Å². The van der Waals surface area contributed by atoms with E-state index >= 15 is 0 Å². The number of benzene rings is 1. The Hall–Kier alpha value is -1.51. The zero-order valence-electron chi connectivity index (χ0n) is 16.4. The molecule has 25 heavy (non-hydrogen) atoms. The van der Waals surface area contributed by atoms with Crippen molar-refractivity contribution >= 4 is 6.16 Å². The third kappa shape index (κ3) is 10.2. The predicted octanol–water partition coefficient (Wildman–Crippen LogP) is 6.26. The number of hydrogen-bond acceptors (Lipinski definition) is 3. The van der Waals surface area contributed by atoms with Crippen LogP contribution < -0.4 is 0 Å². The van der Waals surface area contributed by atoms with Gasteiger partial charge in [0.1, 0.15) is 0 Å². The zero-order valence-corrected chi connectivity index (χ0v) is 16.4. The number of ether oxygens (including phenoxy) is 2. The topological polar surface area (TPSA) is 35.5 Å². The molecule has 0 aliphatic rings. The van der Waals surface area contributed by atoms with E-state index in [4.69, 9.17) is 9.47 Å². The van der Waals surface area contributed by atoms with Gasteiger partial charge >= 0.3 is 6.16 Å². The van der Waals surface area contributed by atoms with Gasteiger partial charge in [-0.05, 0) is 62.1 Å². The highest BCUT2D eigenvalue weighted by atomic mass is 16.7. The van der Waals surface area contributed by atoms with Crippen LogP contribution in [0.4, 0.5) is 4.79 Å². The van der Waals surface area contributed by atoms with Crippen molar-refractivity contribution in [2.24, 2.45) is 0 Å². The minimum absolute atomic E-state index is 0.361. The molecule has 142 valence electrons. The van der Waals surface area contributed by atoms with E-state index in [2.05, 4.69) is 32.0 Å². The number of rotatable bonds is 13. The van der Waals surface area contributed by atoms with E-state index in [9.17, 15) is 4.79 Å². The first-order valence-electron chi connectivity index (χ1n) is 10.1. The van der Waals surface area contributed by atoms with Crippen molar-refractivity contribution in [2.45, 2.75) is 85.0 Å². The Morgan fingerprint density at radius 1 is 0.720 bits per heavy atom. The SMILES string of the molecule is CCCCCc1cc(CCCCC)cc(CCCOC(=O)OCC)c1. The van der Waals surface area contributed by atoms with Crippen molar-refractivity contribution in [2.75, 3.05) is 13.2 Å². The second-order valence-electron chi connectivity index (χ2n) is 6.71. The van der Waals surface area contributed by atoms with Crippen molar-refractivity contribution in [1.82, 2.24) is 0 Å². The van der Waals surface area contributed by atoms with E-state index in [1.54, 1.807) is 6.92 Å². The molecule has 1 aromatic rings. The normalized spacial score (nSPS) is 10.7. The molecule has 0 spiro atoms. The molecule has 0 unspecified atom stereocenters. The lowest BCUT2D eigenvalue weighted by atomic mass is 9.96. The average Bonchev–Trinajstić information content (AvgIpc) is 2.59. The molecular formula is C22H36O3. The number of hydrogen-bond donors (Lipinski definition) is 0. The molecule has 0 saturated carbocycles. The van der Waals surface area contributed by atoms with Crippen LogP contribution in [0.1, 0.15) is 82.4 Å². The van der Waals surface area contributed by atoms with Crippen LogP contribution in [-0.2, 0) is 28.7 Å². The highest BCUT2D eigenvalue weighted by Crippen LogP contribution is 2.17. The molecule has 0 bridgehead atoms. The largest absolute Gasteiger partial charge is 0.508 e. The lowest BCUT2D eigenvalue weighted by molar-refractivity contribution is 0.0584. The lowest BCUT2D eigenvalue weighted by Crippen LogP contribution is -2.08. The van der Waals surface area contributed by atoms with E-state index in [-0.39, 0.29) is 0 Å². The molecular weight excluding hydrogens is 312 g/mol. The van der Waals surface area contributed by atoms with Gasteiger partial charge in [-0.15, -0.1) is 0 Å². The first-order chi connectivity index (χ1) is 12.2. The Bertz CT molecular complexity index is 454. The molecule has 0 radical (unpaired) electrons. The van der Waals surface area contributed by atoms with Crippen LogP contribution >= 0.6 is 0 Å². The summed E-state index contributed by atoms with van der Waals surface area (Å²) in [6.07, 6.45) is 11.2. The first-order valence-corrected chi connectivity index (χ1v) is 10.1. The highest BCUT2D eigenvalue weighted by Gasteiger charge is 2.05. The summed E-state index contributed by atoms with van der Waals surface area (Å²) < 4.78 is 9.84. The summed E-state index contributed by atoms with van der Waals surface area (Å²) in [5, 5.41) is 0. The molecule has 0 aromatic heterocycles. The van der Waals surface area contributed by atoms with Gasteiger partial charge in [0.25, 0.3) is 0 Å². The standard InChI is InChI=1S/C22H36O3/c1-4-7-9-12-19-16-20(13-10-8-5-2)18-21(17-19)14-11-15-25-22(23)24-6-3/h16-18H,4-15H2,1-3H3. The van der Waals surface area contributed by atoms with E-state index in [0.29, 0.717) is 13.2 Å². The second kappa shape index (κ2) is 13.7. The maximum atomic E-state index is 11.2. The van der Waals surface area contributed by atoms with Gasteiger partial charge in [-0.3, -0.25) is 0 Å². The molecule has 0 saturated heterocycles. The van der Waals surface area contributed by atoms with Gasteiger partial charge in [-0.25, -0.2) is 4.79 Å². The Morgan fingerprint density at radius 3 is 1.64 bits per heavy atom. The number of carbonyl (C=O) groups excluding carboxylic acids is 1. The molecule has 0 aliphatic carbocycles. The first kappa shape index (κ1) is 21.5. The number of carbonyl (C=O) groups is 1. The predicted molar refractivity (Wildman–Crippen MR) is 104 cm³/mol. The summed E-state index contributed by atoms with van der Waals surface area (Å²) in [6.45, 7) is 7.06. The molecule has 3 heteroatoms. The van der Waals surface area contributed by atoms with Gasteiger partial charge in [-0.1, -0.05) is 57.7 Å². The average molecular weight is 349 g/mol. The molecule has 3 nitrogen and oxygen atoms in total. The van der Waals surface area contributed by atoms with Crippen LogP contribution in [0.3, 0.4) is 0 Å².